The van der Waals surface area contributed by atoms with E-state index in [4.69, 9.17) is 10.5 Å². The summed E-state index contributed by atoms with van der Waals surface area (Å²) in [6.45, 7) is 5.89. The van der Waals surface area contributed by atoms with Gasteiger partial charge in [0.15, 0.2) is 0 Å². The van der Waals surface area contributed by atoms with Crippen molar-refractivity contribution in [3.05, 3.63) is 24.3 Å². The van der Waals surface area contributed by atoms with Crippen molar-refractivity contribution in [2.75, 3.05) is 30.7 Å². The number of nitrogens with one attached hydrogen (secondary N) is 1. The summed E-state index contributed by atoms with van der Waals surface area (Å²) in [5, 5.41) is 2.85. The Balaban J connectivity index is 1.92. The lowest BCUT2D eigenvalue weighted by molar-refractivity contribution is -0.121. The number of amides is 1. The third kappa shape index (κ3) is 3.68. The summed E-state index contributed by atoms with van der Waals surface area (Å²) in [4.78, 5) is 14.2. The fourth-order valence-electron chi connectivity index (χ4n) is 2.18. The second-order valence-corrected chi connectivity index (χ2v) is 5.06. The van der Waals surface area contributed by atoms with Crippen LogP contribution < -0.4 is 11.1 Å². The number of para-hydroxylation sites is 2. The van der Waals surface area contributed by atoms with Gasteiger partial charge in [0.1, 0.15) is 0 Å². The first kappa shape index (κ1) is 13.8. The molecular weight excluding hydrogens is 242 g/mol. The van der Waals surface area contributed by atoms with Gasteiger partial charge in [0, 0.05) is 12.6 Å². The van der Waals surface area contributed by atoms with Crippen LogP contribution in [-0.2, 0) is 9.53 Å². The van der Waals surface area contributed by atoms with Crippen LogP contribution >= 0.6 is 0 Å². The van der Waals surface area contributed by atoms with Crippen molar-refractivity contribution in [2.24, 2.45) is 0 Å². The molecule has 5 nitrogen and oxygen atoms in total. The smallest absolute Gasteiger partial charge is 0.238 e. The maximum absolute atomic E-state index is 12.0. The minimum Gasteiger partial charge on any atom is -0.397 e. The molecule has 2 rings (SSSR count). The maximum Gasteiger partial charge on any atom is 0.238 e. The molecule has 19 heavy (non-hydrogen) atoms. The zero-order chi connectivity index (χ0) is 13.8. The molecule has 1 aliphatic heterocycles. The monoisotopic (exact) mass is 263 g/mol. The molecule has 0 bridgehead atoms. The van der Waals surface area contributed by atoms with E-state index in [1.165, 1.54) is 0 Å². The Bertz CT molecular complexity index is 450. The molecule has 3 N–H and O–H groups in total. The van der Waals surface area contributed by atoms with Crippen LogP contribution in [0.4, 0.5) is 11.4 Å². The second-order valence-electron chi connectivity index (χ2n) is 5.06. The van der Waals surface area contributed by atoms with Crippen LogP contribution in [0, 0.1) is 0 Å². The van der Waals surface area contributed by atoms with Crippen LogP contribution in [-0.4, -0.2) is 42.6 Å². The van der Waals surface area contributed by atoms with Crippen molar-refractivity contribution in [3.63, 3.8) is 0 Å². The van der Waals surface area contributed by atoms with Gasteiger partial charge in [-0.2, -0.15) is 0 Å². The molecule has 2 unspecified atom stereocenters. The Kier molecular flexibility index (Phi) is 4.39. The van der Waals surface area contributed by atoms with Gasteiger partial charge in [-0.3, -0.25) is 9.69 Å². The molecule has 0 radical (unpaired) electrons. The van der Waals surface area contributed by atoms with Crippen molar-refractivity contribution >= 4 is 17.3 Å². The highest BCUT2D eigenvalue weighted by Crippen LogP contribution is 2.17. The molecule has 1 aromatic rings. The molecular formula is C14H21N3O2. The normalized spacial score (nSPS) is 24.1. The first-order chi connectivity index (χ1) is 9.06. The SMILES string of the molecule is CC1CN(CC(=O)Nc2ccccc2N)C(C)CO1. The van der Waals surface area contributed by atoms with Gasteiger partial charge < -0.3 is 15.8 Å². The number of hydrogen-bond acceptors (Lipinski definition) is 4. The molecule has 5 heteroatoms. The maximum atomic E-state index is 12.0. The van der Waals surface area contributed by atoms with E-state index in [0.29, 0.717) is 24.5 Å². The quantitative estimate of drug-likeness (QED) is 0.807. The van der Waals surface area contributed by atoms with Crippen molar-refractivity contribution in [1.82, 2.24) is 4.90 Å². The predicted octanol–water partition coefficient (Wildman–Crippen LogP) is 1.32. The van der Waals surface area contributed by atoms with E-state index in [0.717, 1.165) is 6.54 Å². The van der Waals surface area contributed by atoms with E-state index >= 15 is 0 Å². The third-order valence-electron chi connectivity index (χ3n) is 3.32. The van der Waals surface area contributed by atoms with E-state index in [1.54, 1.807) is 12.1 Å². The average Bonchev–Trinajstić information content (AvgIpc) is 2.37. The number of carbonyl (C=O) groups is 1. The van der Waals surface area contributed by atoms with Gasteiger partial charge in [0.2, 0.25) is 5.91 Å². The first-order valence-corrected chi connectivity index (χ1v) is 6.56. The molecule has 1 heterocycles. The van der Waals surface area contributed by atoms with Crippen molar-refractivity contribution in [1.29, 1.82) is 0 Å². The number of nitrogens with zero attached hydrogens (tertiary/aromatic N) is 1. The van der Waals surface area contributed by atoms with Gasteiger partial charge in [0.25, 0.3) is 0 Å². The predicted molar refractivity (Wildman–Crippen MR) is 75.9 cm³/mol. The van der Waals surface area contributed by atoms with E-state index < -0.39 is 0 Å². The molecule has 0 aliphatic carbocycles. The Morgan fingerprint density at radius 2 is 2.21 bits per heavy atom. The number of hydrogen-bond donors (Lipinski definition) is 2. The number of ether oxygens (including phenoxy) is 1. The number of nitrogens with two attached hydrogens (primary N) is 1. The fourth-order valence-corrected chi connectivity index (χ4v) is 2.18. The first-order valence-electron chi connectivity index (χ1n) is 6.56. The summed E-state index contributed by atoms with van der Waals surface area (Å²) in [5.41, 5.74) is 7.05. The molecule has 1 fully saturated rings. The molecule has 0 spiro atoms. The molecule has 0 saturated carbocycles. The molecule has 104 valence electrons. The summed E-state index contributed by atoms with van der Waals surface area (Å²) >= 11 is 0. The van der Waals surface area contributed by atoms with Gasteiger partial charge in [-0.1, -0.05) is 12.1 Å². The Morgan fingerprint density at radius 3 is 2.95 bits per heavy atom. The fraction of sp³-hybridized carbons (Fsp3) is 0.500. The van der Waals surface area contributed by atoms with E-state index in [9.17, 15) is 4.79 Å². The standard InChI is InChI=1S/C14H21N3O2/c1-10-9-19-11(2)7-17(10)8-14(18)16-13-6-4-3-5-12(13)15/h3-6,10-11H,7-9,15H2,1-2H3,(H,16,18). The third-order valence-corrected chi connectivity index (χ3v) is 3.32. The zero-order valence-electron chi connectivity index (χ0n) is 11.4. The van der Waals surface area contributed by atoms with E-state index in [1.807, 2.05) is 19.1 Å². The zero-order valence-corrected chi connectivity index (χ0v) is 11.4. The van der Waals surface area contributed by atoms with Crippen LogP contribution in [0.3, 0.4) is 0 Å². The highest BCUT2D eigenvalue weighted by molar-refractivity contribution is 5.95. The Morgan fingerprint density at radius 1 is 1.47 bits per heavy atom. The lowest BCUT2D eigenvalue weighted by atomic mass is 10.2. The van der Waals surface area contributed by atoms with Gasteiger partial charge in [-0.05, 0) is 26.0 Å². The van der Waals surface area contributed by atoms with Gasteiger partial charge >= 0.3 is 0 Å². The van der Waals surface area contributed by atoms with Crippen LogP contribution in [0.1, 0.15) is 13.8 Å². The van der Waals surface area contributed by atoms with Crippen LogP contribution in [0.5, 0.6) is 0 Å². The Hall–Kier alpha value is -1.59. The van der Waals surface area contributed by atoms with Crippen LogP contribution in [0.25, 0.3) is 0 Å². The van der Waals surface area contributed by atoms with Crippen molar-refractivity contribution in [2.45, 2.75) is 26.0 Å². The Labute approximate surface area is 113 Å². The highest BCUT2D eigenvalue weighted by Gasteiger charge is 2.25. The molecule has 1 saturated heterocycles. The van der Waals surface area contributed by atoms with Gasteiger partial charge in [-0.15, -0.1) is 0 Å². The number of benzene rings is 1. The van der Waals surface area contributed by atoms with E-state index in [2.05, 4.69) is 17.1 Å². The summed E-state index contributed by atoms with van der Waals surface area (Å²) in [6, 6.07) is 7.53. The molecule has 2 atom stereocenters. The summed E-state index contributed by atoms with van der Waals surface area (Å²) in [5.74, 6) is -0.0427. The number of carbonyl (C=O) groups excluding carboxylic acids is 1. The molecule has 0 aromatic heterocycles. The number of rotatable bonds is 3. The highest BCUT2D eigenvalue weighted by atomic mass is 16.5. The van der Waals surface area contributed by atoms with Crippen LogP contribution in [0.2, 0.25) is 0 Å². The van der Waals surface area contributed by atoms with Crippen molar-refractivity contribution < 1.29 is 9.53 Å². The largest absolute Gasteiger partial charge is 0.397 e. The molecule has 1 amide bonds. The number of nitrogen functional groups attached to an aromatic ring is 1. The lowest BCUT2D eigenvalue weighted by Gasteiger charge is -2.36. The summed E-state index contributed by atoms with van der Waals surface area (Å²) in [6.07, 6.45) is 0.172. The minimum absolute atomic E-state index is 0.0427. The summed E-state index contributed by atoms with van der Waals surface area (Å²) in [7, 11) is 0. The minimum atomic E-state index is -0.0427. The average molecular weight is 263 g/mol. The van der Waals surface area contributed by atoms with Gasteiger partial charge in [-0.25, -0.2) is 0 Å². The van der Waals surface area contributed by atoms with Crippen LogP contribution in [0.15, 0.2) is 24.3 Å². The number of morpholine rings is 1. The number of anilines is 2. The lowest BCUT2D eigenvalue weighted by Crippen LogP contribution is -2.50. The van der Waals surface area contributed by atoms with Gasteiger partial charge in [0.05, 0.1) is 30.6 Å². The summed E-state index contributed by atoms with van der Waals surface area (Å²) < 4.78 is 5.55. The molecule has 1 aliphatic rings. The molecule has 1 aromatic carbocycles. The van der Waals surface area contributed by atoms with E-state index in [-0.39, 0.29) is 18.1 Å². The second kappa shape index (κ2) is 6.04. The topological polar surface area (TPSA) is 67.6 Å². The van der Waals surface area contributed by atoms with Crippen molar-refractivity contribution in [3.8, 4) is 0 Å².